The molecule has 7 aromatic rings. The molecule has 0 spiro atoms. The molecule has 0 aliphatic rings. The zero-order valence-corrected chi connectivity index (χ0v) is 15.1. The van der Waals surface area contributed by atoms with E-state index < -0.39 is 0 Å². The van der Waals surface area contributed by atoms with Crippen LogP contribution >= 0.6 is 0 Å². The zero-order valence-electron chi connectivity index (χ0n) is 15.1. The molecule has 0 fully saturated rings. The monoisotopic (exact) mass is 388 g/mol. The van der Waals surface area contributed by atoms with Gasteiger partial charge in [-0.05, 0) is 0 Å². The van der Waals surface area contributed by atoms with E-state index in [1.54, 1.807) is 49.6 Å². The maximum atomic E-state index is 4.93. The van der Waals surface area contributed by atoms with Crippen LogP contribution in [0.4, 0.5) is 0 Å². The third kappa shape index (κ3) is 1.86. The minimum atomic E-state index is 0.578. The summed E-state index contributed by atoms with van der Waals surface area (Å²) in [7, 11) is 0. The Labute approximate surface area is 166 Å². The van der Waals surface area contributed by atoms with Crippen molar-refractivity contribution in [1.82, 2.24) is 49.8 Å². The molecule has 0 bridgehead atoms. The highest BCUT2D eigenvalue weighted by molar-refractivity contribution is 6.23. The highest BCUT2D eigenvalue weighted by atomic mass is 14.9. The highest BCUT2D eigenvalue weighted by Crippen LogP contribution is 2.33. The van der Waals surface area contributed by atoms with Crippen LogP contribution in [-0.2, 0) is 0 Å². The van der Waals surface area contributed by atoms with Crippen LogP contribution < -0.4 is 0 Å². The van der Waals surface area contributed by atoms with Crippen LogP contribution in [0, 0.1) is 0 Å². The third-order valence-corrected chi connectivity index (χ3v) is 5.03. The maximum absolute atomic E-state index is 4.93. The molecule has 138 valence electrons. The lowest BCUT2D eigenvalue weighted by molar-refractivity contribution is 1.24. The Morgan fingerprint density at radius 3 is 0.600 bits per heavy atom. The molecule has 10 nitrogen and oxygen atoms in total. The van der Waals surface area contributed by atoms with E-state index in [9.17, 15) is 0 Å². The van der Waals surface area contributed by atoms with Crippen molar-refractivity contribution in [2.75, 3.05) is 0 Å². The Morgan fingerprint density at radius 2 is 0.400 bits per heavy atom. The zero-order chi connectivity index (χ0) is 19.7. The van der Waals surface area contributed by atoms with E-state index in [1.807, 2.05) is 0 Å². The number of fused-ring (bicyclic) bond motifs is 12. The maximum Gasteiger partial charge on any atom is 0.120 e. The van der Waals surface area contributed by atoms with Crippen molar-refractivity contribution in [3.8, 4) is 0 Å². The lowest BCUT2D eigenvalue weighted by Gasteiger charge is -2.09. The second-order valence-corrected chi connectivity index (χ2v) is 6.63. The van der Waals surface area contributed by atoms with E-state index in [4.69, 9.17) is 9.97 Å². The minimum absolute atomic E-state index is 0.578. The van der Waals surface area contributed by atoms with Gasteiger partial charge < -0.3 is 0 Å². The minimum Gasteiger partial charge on any atom is -0.251 e. The van der Waals surface area contributed by atoms with Gasteiger partial charge in [-0.1, -0.05) is 0 Å². The Balaban J connectivity index is 1.86. The van der Waals surface area contributed by atoms with E-state index in [-0.39, 0.29) is 0 Å². The molecule has 0 unspecified atom stereocenters. The first-order valence-corrected chi connectivity index (χ1v) is 9.08. The predicted octanol–water partition coefficient (Wildman–Crippen LogP) is 2.56. The molecule has 30 heavy (non-hydrogen) atoms. The van der Waals surface area contributed by atoms with Gasteiger partial charge in [0.05, 0.1) is 0 Å². The van der Waals surface area contributed by atoms with Crippen LogP contribution in [0.1, 0.15) is 0 Å². The van der Waals surface area contributed by atoms with Gasteiger partial charge in [-0.3, -0.25) is 39.9 Å². The molecular weight excluding hydrogens is 380 g/mol. The number of benzene rings is 2. The Hall–Kier alpha value is -4.60. The molecule has 5 aromatic heterocycles. The van der Waals surface area contributed by atoms with E-state index >= 15 is 0 Å². The van der Waals surface area contributed by atoms with Crippen molar-refractivity contribution >= 4 is 66.2 Å². The van der Waals surface area contributed by atoms with Crippen LogP contribution in [0.2, 0.25) is 0 Å². The SMILES string of the molecule is c1cnc2c(n1)c1nccnc1c1nc3c4nccnc4c4nccnc4c3nc21. The molecule has 0 saturated heterocycles. The molecule has 0 amide bonds. The van der Waals surface area contributed by atoms with Crippen molar-refractivity contribution in [3.63, 3.8) is 0 Å². The fraction of sp³-hybridized carbons (Fsp3) is 0. The number of hydrogen-bond donors (Lipinski definition) is 0. The Morgan fingerprint density at radius 1 is 0.233 bits per heavy atom. The lowest BCUT2D eigenvalue weighted by atomic mass is 10.1. The highest BCUT2D eigenvalue weighted by Gasteiger charge is 2.20. The van der Waals surface area contributed by atoms with Crippen molar-refractivity contribution < 1.29 is 0 Å². The van der Waals surface area contributed by atoms with Crippen molar-refractivity contribution in [3.05, 3.63) is 49.6 Å². The molecule has 0 N–H and O–H groups in total. The van der Waals surface area contributed by atoms with Crippen molar-refractivity contribution in [1.29, 1.82) is 0 Å². The normalized spacial score (nSPS) is 12.0. The van der Waals surface area contributed by atoms with E-state index in [1.165, 1.54) is 0 Å². The van der Waals surface area contributed by atoms with Gasteiger partial charge >= 0.3 is 0 Å². The molecule has 0 radical (unpaired) electrons. The van der Waals surface area contributed by atoms with Gasteiger partial charge in [0, 0.05) is 49.6 Å². The molecule has 0 aliphatic heterocycles. The standard InChI is InChI=1S/C20H8N10/c1-5-25-13-9(21-1)10-14(26-6-2-22-10)18-17(13)29-19-15-11(23-3-7-27-15)12-16(20(19)30-18)28-8-4-24-12/h1-8H. The summed E-state index contributed by atoms with van der Waals surface area (Å²) >= 11 is 0. The molecule has 10 heteroatoms. The molecule has 5 heterocycles. The van der Waals surface area contributed by atoms with Crippen molar-refractivity contribution in [2.45, 2.75) is 0 Å². The van der Waals surface area contributed by atoms with Gasteiger partial charge in [0.1, 0.15) is 66.2 Å². The number of hydrogen-bond acceptors (Lipinski definition) is 10. The fourth-order valence-corrected chi connectivity index (χ4v) is 3.83. The topological polar surface area (TPSA) is 129 Å². The molecule has 7 rings (SSSR count). The van der Waals surface area contributed by atoms with E-state index in [0.29, 0.717) is 66.2 Å². The molecule has 0 aliphatic carbocycles. The number of rotatable bonds is 0. The van der Waals surface area contributed by atoms with Crippen molar-refractivity contribution in [2.24, 2.45) is 0 Å². The summed E-state index contributed by atoms with van der Waals surface area (Å²) in [5, 5.41) is 0. The Bertz CT molecular complexity index is 1550. The predicted molar refractivity (Wildman–Crippen MR) is 109 cm³/mol. The summed E-state index contributed by atoms with van der Waals surface area (Å²) in [6.45, 7) is 0. The van der Waals surface area contributed by atoms with Crippen LogP contribution in [-0.4, -0.2) is 49.8 Å². The second kappa shape index (κ2) is 5.47. The van der Waals surface area contributed by atoms with Gasteiger partial charge in [0.25, 0.3) is 0 Å². The van der Waals surface area contributed by atoms with E-state index in [2.05, 4.69) is 39.9 Å². The third-order valence-electron chi connectivity index (χ3n) is 5.03. The van der Waals surface area contributed by atoms with Gasteiger partial charge in [-0.2, -0.15) is 0 Å². The van der Waals surface area contributed by atoms with E-state index in [0.717, 1.165) is 0 Å². The summed E-state index contributed by atoms with van der Waals surface area (Å²) in [4.78, 5) is 45.8. The quantitative estimate of drug-likeness (QED) is 0.282. The summed E-state index contributed by atoms with van der Waals surface area (Å²) in [6, 6.07) is 0. The molecule has 0 saturated carbocycles. The molecule has 2 aromatic carbocycles. The smallest absolute Gasteiger partial charge is 0.120 e. The summed E-state index contributed by atoms with van der Waals surface area (Å²) in [5.74, 6) is 0. The first-order chi connectivity index (χ1) is 14.9. The van der Waals surface area contributed by atoms with Crippen LogP contribution in [0.15, 0.2) is 49.6 Å². The van der Waals surface area contributed by atoms with Crippen LogP contribution in [0.5, 0.6) is 0 Å². The molecular formula is C20H8N10. The lowest BCUT2D eigenvalue weighted by Crippen LogP contribution is -1.99. The molecule has 0 atom stereocenters. The van der Waals surface area contributed by atoms with Gasteiger partial charge in [0.15, 0.2) is 0 Å². The fourth-order valence-electron chi connectivity index (χ4n) is 3.83. The second-order valence-electron chi connectivity index (χ2n) is 6.63. The van der Waals surface area contributed by atoms with Crippen LogP contribution in [0.3, 0.4) is 0 Å². The summed E-state index contributed by atoms with van der Waals surface area (Å²) in [5.41, 5.74) is 7.21. The largest absolute Gasteiger partial charge is 0.251 e. The number of nitrogens with zero attached hydrogens (tertiary/aromatic N) is 10. The van der Waals surface area contributed by atoms with Gasteiger partial charge in [-0.25, -0.2) is 9.97 Å². The first-order valence-electron chi connectivity index (χ1n) is 9.08. The van der Waals surface area contributed by atoms with Gasteiger partial charge in [0.2, 0.25) is 0 Å². The Kier molecular flexibility index (Phi) is 2.80. The average Bonchev–Trinajstić information content (AvgIpc) is 2.83. The summed E-state index contributed by atoms with van der Waals surface area (Å²) < 4.78 is 0. The number of aromatic nitrogens is 10. The summed E-state index contributed by atoms with van der Waals surface area (Å²) in [6.07, 6.45) is 13.0. The average molecular weight is 388 g/mol. The van der Waals surface area contributed by atoms with Gasteiger partial charge in [-0.15, -0.1) is 0 Å². The first kappa shape index (κ1) is 15.3. The van der Waals surface area contributed by atoms with Crippen LogP contribution in [0.25, 0.3) is 66.2 Å².